The van der Waals surface area contributed by atoms with Crippen LogP contribution in [0.25, 0.3) is 0 Å². The van der Waals surface area contributed by atoms with E-state index in [-0.39, 0.29) is 18.2 Å². The number of aromatic hydroxyl groups is 1. The predicted molar refractivity (Wildman–Crippen MR) is 71.7 cm³/mol. The molecule has 2 aromatic carbocycles. The van der Waals surface area contributed by atoms with Gasteiger partial charge in [-0.15, -0.1) is 0 Å². The van der Waals surface area contributed by atoms with Gasteiger partial charge in [0.05, 0.1) is 12.2 Å². The molecule has 0 aliphatic heterocycles. The second kappa shape index (κ2) is 5.72. The molecule has 0 spiro atoms. The van der Waals surface area contributed by atoms with Crippen molar-refractivity contribution in [3.8, 4) is 5.75 Å². The molecule has 0 radical (unpaired) electrons. The largest absolute Gasteiger partial charge is 0.506 e. The van der Waals surface area contributed by atoms with Gasteiger partial charge in [-0.2, -0.15) is 0 Å². The van der Waals surface area contributed by atoms with Gasteiger partial charge in [0.2, 0.25) is 5.91 Å². The van der Waals surface area contributed by atoms with E-state index < -0.39 is 0 Å². The van der Waals surface area contributed by atoms with E-state index >= 15 is 0 Å². The highest BCUT2D eigenvalue weighted by molar-refractivity contribution is 5.94. The number of carbonyl (C=O) groups excluding carboxylic acids is 1. The SMILES string of the molecule is O=C(CNc1ccccc1)Nc1ccccc1O. The van der Waals surface area contributed by atoms with Crippen molar-refractivity contribution in [3.63, 3.8) is 0 Å². The zero-order valence-electron chi connectivity index (χ0n) is 9.76. The smallest absolute Gasteiger partial charge is 0.243 e. The van der Waals surface area contributed by atoms with E-state index in [1.807, 2.05) is 30.3 Å². The first-order valence-corrected chi connectivity index (χ1v) is 5.62. The normalized spacial score (nSPS) is 9.78. The molecule has 92 valence electrons. The van der Waals surface area contributed by atoms with Crippen LogP contribution < -0.4 is 10.6 Å². The topological polar surface area (TPSA) is 61.4 Å². The highest BCUT2D eigenvalue weighted by atomic mass is 16.3. The molecule has 0 aliphatic carbocycles. The molecule has 0 unspecified atom stereocenters. The first kappa shape index (κ1) is 12.0. The van der Waals surface area contributed by atoms with Crippen LogP contribution in [-0.2, 0) is 4.79 Å². The summed E-state index contributed by atoms with van der Waals surface area (Å²) in [7, 11) is 0. The number of hydrogen-bond donors (Lipinski definition) is 3. The van der Waals surface area contributed by atoms with Crippen molar-refractivity contribution in [1.29, 1.82) is 0 Å². The Morgan fingerprint density at radius 2 is 1.67 bits per heavy atom. The van der Waals surface area contributed by atoms with Crippen molar-refractivity contribution in [2.45, 2.75) is 0 Å². The molecule has 2 rings (SSSR count). The third-order valence-corrected chi connectivity index (χ3v) is 2.40. The van der Waals surface area contributed by atoms with Crippen LogP contribution in [0.3, 0.4) is 0 Å². The number of hydrogen-bond acceptors (Lipinski definition) is 3. The van der Waals surface area contributed by atoms with E-state index in [1.165, 1.54) is 6.07 Å². The van der Waals surface area contributed by atoms with E-state index in [1.54, 1.807) is 18.2 Å². The van der Waals surface area contributed by atoms with Gasteiger partial charge in [0, 0.05) is 5.69 Å². The summed E-state index contributed by atoms with van der Waals surface area (Å²) in [5, 5.41) is 15.1. The maximum atomic E-state index is 11.7. The van der Waals surface area contributed by atoms with Crippen LogP contribution >= 0.6 is 0 Å². The Morgan fingerprint density at radius 1 is 1.00 bits per heavy atom. The van der Waals surface area contributed by atoms with Crippen molar-refractivity contribution in [3.05, 3.63) is 54.6 Å². The van der Waals surface area contributed by atoms with Gasteiger partial charge < -0.3 is 15.7 Å². The fourth-order valence-corrected chi connectivity index (χ4v) is 1.51. The van der Waals surface area contributed by atoms with Gasteiger partial charge in [0.25, 0.3) is 0 Å². The number of rotatable bonds is 4. The number of amides is 1. The lowest BCUT2D eigenvalue weighted by molar-refractivity contribution is -0.114. The summed E-state index contributed by atoms with van der Waals surface area (Å²) >= 11 is 0. The summed E-state index contributed by atoms with van der Waals surface area (Å²) in [5.74, 6) is -0.147. The van der Waals surface area contributed by atoms with Crippen LogP contribution in [0.15, 0.2) is 54.6 Å². The number of nitrogens with one attached hydrogen (secondary N) is 2. The lowest BCUT2D eigenvalue weighted by Crippen LogP contribution is -2.21. The van der Waals surface area contributed by atoms with Gasteiger partial charge in [-0.1, -0.05) is 30.3 Å². The second-order valence-electron chi connectivity index (χ2n) is 3.78. The fraction of sp³-hybridized carbons (Fsp3) is 0.0714. The molecule has 0 saturated heterocycles. The number of phenols is 1. The van der Waals surface area contributed by atoms with Crippen LogP contribution in [-0.4, -0.2) is 17.6 Å². The average molecular weight is 242 g/mol. The number of carbonyl (C=O) groups is 1. The second-order valence-corrected chi connectivity index (χ2v) is 3.78. The fourth-order valence-electron chi connectivity index (χ4n) is 1.51. The Hall–Kier alpha value is -2.49. The molecule has 4 nitrogen and oxygen atoms in total. The minimum atomic E-state index is -0.208. The van der Waals surface area contributed by atoms with Crippen molar-refractivity contribution in [2.75, 3.05) is 17.2 Å². The molecule has 0 aromatic heterocycles. The zero-order chi connectivity index (χ0) is 12.8. The molecule has 0 fully saturated rings. The summed E-state index contributed by atoms with van der Waals surface area (Å²) < 4.78 is 0. The number of para-hydroxylation sites is 3. The summed E-state index contributed by atoms with van der Waals surface area (Å²) in [4.78, 5) is 11.7. The van der Waals surface area contributed by atoms with Crippen molar-refractivity contribution < 1.29 is 9.90 Å². The molecule has 18 heavy (non-hydrogen) atoms. The van der Waals surface area contributed by atoms with Crippen LogP contribution in [0.4, 0.5) is 11.4 Å². The van der Waals surface area contributed by atoms with E-state index in [2.05, 4.69) is 10.6 Å². The van der Waals surface area contributed by atoms with Gasteiger partial charge in [-0.3, -0.25) is 4.79 Å². The minimum absolute atomic E-state index is 0.0607. The summed E-state index contributed by atoms with van der Waals surface area (Å²) in [6.45, 7) is 0.151. The quantitative estimate of drug-likeness (QED) is 0.722. The van der Waals surface area contributed by atoms with E-state index in [4.69, 9.17) is 0 Å². The summed E-state index contributed by atoms with van der Waals surface area (Å²) in [5.41, 5.74) is 1.29. The first-order valence-electron chi connectivity index (χ1n) is 5.62. The molecule has 0 saturated carbocycles. The van der Waals surface area contributed by atoms with Crippen LogP contribution in [0.2, 0.25) is 0 Å². The predicted octanol–water partition coefficient (Wildman–Crippen LogP) is 2.44. The molecule has 0 atom stereocenters. The Balaban J connectivity index is 1.88. The highest BCUT2D eigenvalue weighted by Crippen LogP contribution is 2.21. The number of anilines is 2. The lowest BCUT2D eigenvalue weighted by Gasteiger charge is -2.08. The van der Waals surface area contributed by atoms with Gasteiger partial charge in [-0.25, -0.2) is 0 Å². The monoisotopic (exact) mass is 242 g/mol. The molecular weight excluding hydrogens is 228 g/mol. The standard InChI is InChI=1S/C14H14N2O2/c17-13-9-5-4-8-12(13)16-14(18)10-15-11-6-2-1-3-7-11/h1-9,15,17H,10H2,(H,16,18). The maximum absolute atomic E-state index is 11.7. The lowest BCUT2D eigenvalue weighted by atomic mass is 10.3. The maximum Gasteiger partial charge on any atom is 0.243 e. The van der Waals surface area contributed by atoms with Crippen molar-refractivity contribution in [1.82, 2.24) is 0 Å². The molecule has 0 bridgehead atoms. The molecule has 0 heterocycles. The van der Waals surface area contributed by atoms with Crippen LogP contribution in [0, 0.1) is 0 Å². The minimum Gasteiger partial charge on any atom is -0.506 e. The third-order valence-electron chi connectivity index (χ3n) is 2.40. The van der Waals surface area contributed by atoms with Crippen molar-refractivity contribution >= 4 is 17.3 Å². The summed E-state index contributed by atoms with van der Waals surface area (Å²) in [6.07, 6.45) is 0. The highest BCUT2D eigenvalue weighted by Gasteiger charge is 2.04. The van der Waals surface area contributed by atoms with Gasteiger partial charge in [0.15, 0.2) is 0 Å². The Morgan fingerprint density at radius 3 is 2.39 bits per heavy atom. The van der Waals surface area contributed by atoms with E-state index in [0.717, 1.165) is 5.69 Å². The zero-order valence-corrected chi connectivity index (χ0v) is 9.76. The number of benzene rings is 2. The summed E-state index contributed by atoms with van der Waals surface area (Å²) in [6, 6.07) is 16.1. The average Bonchev–Trinajstić information content (AvgIpc) is 2.40. The molecule has 1 amide bonds. The molecular formula is C14H14N2O2. The van der Waals surface area contributed by atoms with Gasteiger partial charge >= 0.3 is 0 Å². The first-order chi connectivity index (χ1) is 8.75. The molecule has 3 N–H and O–H groups in total. The van der Waals surface area contributed by atoms with Crippen molar-refractivity contribution in [2.24, 2.45) is 0 Å². The van der Waals surface area contributed by atoms with Crippen LogP contribution in [0.5, 0.6) is 5.75 Å². The van der Waals surface area contributed by atoms with E-state index in [0.29, 0.717) is 5.69 Å². The van der Waals surface area contributed by atoms with Gasteiger partial charge in [-0.05, 0) is 24.3 Å². The Labute approximate surface area is 105 Å². The molecule has 0 aliphatic rings. The van der Waals surface area contributed by atoms with Gasteiger partial charge in [0.1, 0.15) is 5.75 Å². The molecule has 2 aromatic rings. The number of phenolic OH excluding ortho intramolecular Hbond substituents is 1. The molecule has 4 heteroatoms. The Bertz CT molecular complexity index is 526. The Kier molecular flexibility index (Phi) is 3.81. The third kappa shape index (κ3) is 3.25. The van der Waals surface area contributed by atoms with E-state index in [9.17, 15) is 9.90 Å². The van der Waals surface area contributed by atoms with Crippen LogP contribution in [0.1, 0.15) is 0 Å².